The first-order valence-electron chi connectivity index (χ1n) is 14.4. The van der Waals surface area contributed by atoms with Gasteiger partial charge in [0.1, 0.15) is 18.1 Å². The molecule has 214 valence electrons. The van der Waals surface area contributed by atoms with Crippen molar-refractivity contribution in [2.45, 2.75) is 44.6 Å². The molecule has 3 heterocycles. The van der Waals surface area contributed by atoms with Crippen LogP contribution in [0.5, 0.6) is 0 Å². The van der Waals surface area contributed by atoms with E-state index in [9.17, 15) is 0 Å². The Bertz CT molecular complexity index is 1610. The molecular formula is C34H37N5O2Si. The van der Waals surface area contributed by atoms with Gasteiger partial charge < -0.3 is 14.9 Å². The Hall–Kier alpha value is -4.11. The first kappa shape index (κ1) is 28.0. The van der Waals surface area contributed by atoms with Crippen molar-refractivity contribution in [1.82, 2.24) is 19.5 Å². The van der Waals surface area contributed by atoms with Gasteiger partial charge in [-0.2, -0.15) is 0 Å². The van der Waals surface area contributed by atoms with E-state index < -0.39 is 8.32 Å². The minimum atomic E-state index is -2.73. The number of fused-ring (bicyclic) bond motifs is 1. The van der Waals surface area contributed by atoms with E-state index in [0.29, 0.717) is 23.6 Å². The van der Waals surface area contributed by atoms with Gasteiger partial charge >= 0.3 is 0 Å². The first-order chi connectivity index (χ1) is 20.4. The van der Waals surface area contributed by atoms with Crippen molar-refractivity contribution < 1.29 is 9.16 Å². The largest absolute Gasteiger partial charge is 0.405 e. The summed E-state index contributed by atoms with van der Waals surface area (Å²) >= 11 is 0. The molecule has 7 nitrogen and oxygen atoms in total. The number of rotatable bonds is 8. The summed E-state index contributed by atoms with van der Waals surface area (Å²) in [5.74, 6) is 0.480. The second kappa shape index (κ2) is 11.6. The van der Waals surface area contributed by atoms with Gasteiger partial charge in [-0.3, -0.25) is 4.57 Å². The van der Waals surface area contributed by atoms with Crippen LogP contribution in [0.1, 0.15) is 39.0 Å². The van der Waals surface area contributed by atoms with Gasteiger partial charge in [-0.1, -0.05) is 124 Å². The van der Waals surface area contributed by atoms with Gasteiger partial charge in [-0.15, -0.1) is 0 Å². The molecule has 8 heteroatoms. The van der Waals surface area contributed by atoms with Gasteiger partial charge in [0.2, 0.25) is 0 Å². The predicted octanol–water partition coefficient (Wildman–Crippen LogP) is 5.60. The Labute approximate surface area is 248 Å². The maximum absolute atomic E-state index is 7.31. The minimum Gasteiger partial charge on any atom is -0.405 e. The van der Waals surface area contributed by atoms with Gasteiger partial charge in [-0.05, 0) is 21.0 Å². The average Bonchev–Trinajstić information content (AvgIpc) is 3.62. The van der Waals surface area contributed by atoms with Crippen LogP contribution in [0.15, 0.2) is 110 Å². The zero-order valence-electron chi connectivity index (χ0n) is 24.3. The van der Waals surface area contributed by atoms with E-state index in [2.05, 4.69) is 133 Å². The molecule has 0 unspecified atom stereocenters. The molecule has 3 aromatic carbocycles. The number of nitrogens with zero attached hydrogens (tertiary/aromatic N) is 4. The van der Waals surface area contributed by atoms with E-state index >= 15 is 0 Å². The minimum absolute atomic E-state index is 0.116. The lowest BCUT2D eigenvalue weighted by molar-refractivity contribution is -0.0224. The molecule has 0 radical (unpaired) electrons. The highest BCUT2D eigenvalue weighted by molar-refractivity contribution is 6.99. The number of benzene rings is 3. The molecule has 1 saturated heterocycles. The van der Waals surface area contributed by atoms with Crippen LogP contribution in [0.2, 0.25) is 5.04 Å². The van der Waals surface area contributed by atoms with Crippen LogP contribution < -0.4 is 16.1 Å². The molecule has 42 heavy (non-hydrogen) atoms. The fourth-order valence-electron chi connectivity index (χ4n) is 6.14. The molecule has 0 saturated carbocycles. The maximum atomic E-state index is 7.31. The second-order valence-electron chi connectivity index (χ2n) is 11.9. The third-order valence-electron chi connectivity index (χ3n) is 8.20. The number of imidazole rings is 1. The van der Waals surface area contributed by atoms with Crippen molar-refractivity contribution in [1.29, 1.82) is 0 Å². The van der Waals surface area contributed by atoms with E-state index in [1.54, 1.807) is 6.33 Å². The third-order valence-corrected chi connectivity index (χ3v) is 13.2. The molecule has 1 fully saturated rings. The number of ether oxygens (including phenoxy) is 1. The number of nitrogen functional groups attached to an aromatic ring is 1. The van der Waals surface area contributed by atoms with Crippen LogP contribution >= 0.6 is 0 Å². The molecule has 0 bridgehead atoms. The summed E-state index contributed by atoms with van der Waals surface area (Å²) in [6.07, 6.45) is 7.99. The molecule has 5 aromatic rings. The van der Waals surface area contributed by atoms with Crippen LogP contribution in [-0.2, 0) is 9.16 Å². The van der Waals surface area contributed by atoms with E-state index in [-0.39, 0.29) is 23.3 Å². The van der Waals surface area contributed by atoms with Gasteiger partial charge in [-0.25, -0.2) is 15.0 Å². The lowest BCUT2D eigenvalue weighted by Gasteiger charge is -2.43. The fourth-order valence-corrected chi connectivity index (χ4v) is 10.7. The summed E-state index contributed by atoms with van der Waals surface area (Å²) in [5.41, 5.74) is 8.50. The van der Waals surface area contributed by atoms with Crippen LogP contribution in [0.3, 0.4) is 0 Å². The van der Waals surface area contributed by atoms with Crippen molar-refractivity contribution in [3.05, 3.63) is 115 Å². The van der Waals surface area contributed by atoms with Crippen molar-refractivity contribution in [3.8, 4) is 0 Å². The van der Waals surface area contributed by atoms with E-state index in [1.165, 1.54) is 16.7 Å². The normalized spacial score (nSPS) is 19.5. The lowest BCUT2D eigenvalue weighted by Crippen LogP contribution is -2.67. The summed E-state index contributed by atoms with van der Waals surface area (Å²) < 4.78 is 16.1. The Morgan fingerprint density at radius 2 is 1.52 bits per heavy atom. The Morgan fingerprint density at radius 1 is 0.905 bits per heavy atom. The van der Waals surface area contributed by atoms with Crippen LogP contribution in [0.25, 0.3) is 17.2 Å². The number of hydrogen-bond donors (Lipinski definition) is 1. The van der Waals surface area contributed by atoms with E-state index in [1.807, 2.05) is 10.6 Å². The van der Waals surface area contributed by atoms with Crippen LogP contribution in [0.4, 0.5) is 5.82 Å². The zero-order chi connectivity index (χ0) is 29.2. The number of aromatic nitrogens is 4. The highest BCUT2D eigenvalue weighted by atomic mass is 28.4. The molecular weight excluding hydrogens is 538 g/mol. The van der Waals surface area contributed by atoms with Gasteiger partial charge in [0.05, 0.1) is 19.0 Å². The summed E-state index contributed by atoms with van der Waals surface area (Å²) in [6.45, 7) is 7.35. The number of hydrogen-bond acceptors (Lipinski definition) is 6. The molecule has 0 amide bonds. The molecule has 3 atom stereocenters. The summed E-state index contributed by atoms with van der Waals surface area (Å²) in [5, 5.41) is 2.38. The SMILES string of the molecule is CC(C)(C)[Si](OC[C@H]1O[C@@H](n2cnc3c(N)ncnc32)C[C@@H]1/C=C/c1ccccc1)(c1ccccc1)c1ccccc1. The standard InChI is InChI=1S/C34H37N5O2Si/c1-34(2,3)42(27-15-9-5-10-16-27,28-17-11-6-12-18-28)40-22-29-26(20-19-25-13-7-4-8-14-25)21-30(41-29)39-24-38-31-32(35)36-23-37-33(31)39/h4-20,23-24,26,29-30H,21-22H2,1-3H3,(H2,35,36,37)/b20-19+/t26-,29+,30+/m0/s1. The topological polar surface area (TPSA) is 88.1 Å². The Kier molecular flexibility index (Phi) is 7.77. The molecule has 1 aliphatic heterocycles. The molecule has 6 rings (SSSR count). The predicted molar refractivity (Wildman–Crippen MR) is 171 cm³/mol. The van der Waals surface area contributed by atoms with E-state index in [0.717, 1.165) is 12.0 Å². The molecule has 2 aromatic heterocycles. The molecule has 0 spiro atoms. The smallest absolute Gasteiger partial charge is 0.261 e. The van der Waals surface area contributed by atoms with Crippen molar-refractivity contribution in [3.63, 3.8) is 0 Å². The zero-order valence-corrected chi connectivity index (χ0v) is 25.3. The summed E-state index contributed by atoms with van der Waals surface area (Å²) in [4.78, 5) is 13.1. The monoisotopic (exact) mass is 575 g/mol. The third kappa shape index (κ3) is 5.29. The highest BCUT2D eigenvalue weighted by Crippen LogP contribution is 2.40. The van der Waals surface area contributed by atoms with Gasteiger partial charge in [0.15, 0.2) is 11.5 Å². The number of anilines is 1. The highest BCUT2D eigenvalue weighted by Gasteiger charge is 2.51. The van der Waals surface area contributed by atoms with Crippen LogP contribution in [0, 0.1) is 5.92 Å². The van der Waals surface area contributed by atoms with Gasteiger partial charge in [0.25, 0.3) is 8.32 Å². The van der Waals surface area contributed by atoms with Crippen molar-refractivity contribution in [2.75, 3.05) is 12.3 Å². The van der Waals surface area contributed by atoms with Gasteiger partial charge in [0, 0.05) is 12.3 Å². The lowest BCUT2D eigenvalue weighted by atomic mass is 9.99. The maximum Gasteiger partial charge on any atom is 0.261 e. The van der Waals surface area contributed by atoms with E-state index in [4.69, 9.17) is 14.9 Å². The summed E-state index contributed by atoms with van der Waals surface area (Å²) in [6, 6.07) is 31.8. The second-order valence-corrected chi connectivity index (χ2v) is 16.2. The molecule has 2 N–H and O–H groups in total. The van der Waals surface area contributed by atoms with Crippen molar-refractivity contribution in [2.24, 2.45) is 5.92 Å². The first-order valence-corrected chi connectivity index (χ1v) is 16.3. The van der Waals surface area contributed by atoms with Crippen molar-refractivity contribution >= 4 is 41.7 Å². The quantitative estimate of drug-likeness (QED) is 0.242. The van der Waals surface area contributed by atoms with Crippen LogP contribution in [-0.4, -0.2) is 40.5 Å². The molecule has 0 aliphatic carbocycles. The fraction of sp³-hybridized carbons (Fsp3) is 0.265. The number of nitrogens with two attached hydrogens (primary N) is 1. The summed E-state index contributed by atoms with van der Waals surface area (Å²) in [7, 11) is -2.73. The molecule has 1 aliphatic rings. The average molecular weight is 576 g/mol. The Balaban J connectivity index is 1.36. The Morgan fingerprint density at radius 3 is 2.14 bits per heavy atom.